The maximum absolute atomic E-state index is 12.4. The zero-order valence-electron chi connectivity index (χ0n) is 29.3. The number of ether oxygens (including phenoxy) is 7. The van der Waals surface area contributed by atoms with E-state index in [0.29, 0.717) is 98.2 Å². The van der Waals surface area contributed by atoms with Crippen LogP contribution in [0.5, 0.6) is 5.75 Å². The van der Waals surface area contributed by atoms with Crippen molar-refractivity contribution in [2.45, 2.75) is 39.5 Å². The first-order valence-electron chi connectivity index (χ1n) is 16.7. The third-order valence-corrected chi connectivity index (χ3v) is 9.21. The van der Waals surface area contributed by atoms with Crippen LogP contribution in [0.1, 0.15) is 43.0 Å². The number of hydrogen-bond acceptors (Lipinski definition) is 14. The van der Waals surface area contributed by atoms with Crippen LogP contribution in [0.2, 0.25) is 0 Å². The van der Waals surface area contributed by atoms with Gasteiger partial charge in [-0.25, -0.2) is 4.85 Å². The Labute approximate surface area is 298 Å². The molecule has 0 N–H and O–H groups in total. The summed E-state index contributed by atoms with van der Waals surface area (Å²) in [4.78, 5) is 30.5. The van der Waals surface area contributed by atoms with Gasteiger partial charge in [-0.3, -0.25) is 9.59 Å². The van der Waals surface area contributed by atoms with Crippen LogP contribution in [0.4, 0.5) is 22.1 Å². The quantitative estimate of drug-likeness (QED) is 0.0583. The number of nitrogens with zero attached hydrogens (tertiary/aromatic N) is 5. The molecule has 0 amide bonds. The number of benzene rings is 1. The SMILES string of the molecule is [C-]#[N+]c1c(N=Nc2ccc(N(CC)CCOCCOCCOCCOCCOC(=O)C3CCCCC3C(=O)OC)cc2OC)sc(C#N)c1C. The number of likely N-dealkylation sites (N-methyl/N-ethyl adjacent to an activating group) is 1. The average Bonchev–Trinajstić information content (AvgIpc) is 3.46. The van der Waals surface area contributed by atoms with Crippen molar-refractivity contribution in [3.05, 3.63) is 40.1 Å². The maximum Gasteiger partial charge on any atom is 0.309 e. The second-order valence-corrected chi connectivity index (χ2v) is 12.2. The predicted molar refractivity (Wildman–Crippen MR) is 187 cm³/mol. The largest absolute Gasteiger partial charge is 0.494 e. The molecule has 14 nitrogen and oxygen atoms in total. The molecule has 2 aromatic rings. The van der Waals surface area contributed by atoms with Crippen molar-refractivity contribution in [3.63, 3.8) is 0 Å². The number of nitriles is 1. The minimum atomic E-state index is -0.444. The first kappa shape index (κ1) is 40.3. The lowest BCUT2D eigenvalue weighted by molar-refractivity contribution is -0.162. The van der Waals surface area contributed by atoms with Crippen LogP contribution in [0.3, 0.4) is 0 Å². The van der Waals surface area contributed by atoms with Gasteiger partial charge in [0.05, 0.1) is 90.4 Å². The number of carbonyl (C=O) groups is 2. The smallest absolute Gasteiger partial charge is 0.309 e. The molecule has 1 aromatic carbocycles. The van der Waals surface area contributed by atoms with Crippen molar-refractivity contribution >= 4 is 45.3 Å². The molecule has 0 aliphatic heterocycles. The van der Waals surface area contributed by atoms with Gasteiger partial charge in [0, 0.05) is 24.8 Å². The summed E-state index contributed by atoms with van der Waals surface area (Å²) in [6.45, 7) is 16.0. The van der Waals surface area contributed by atoms with E-state index >= 15 is 0 Å². The summed E-state index contributed by atoms with van der Waals surface area (Å²) in [5.74, 6) is -1.04. The standard InChI is InChI=1S/C35H47N5O9S/c1-6-40(26-11-12-29(30(23-26)43-4)38-39-33-32(37-3)25(2)31(24-36)50-33)13-14-45-15-16-46-17-18-47-19-20-48-21-22-49-35(42)28-10-8-7-9-27(28)34(41)44-5/h11-12,23,27-28H,6-10,13-22H2,1-2,4-5H3. The molecule has 1 heterocycles. The molecule has 2 atom stereocenters. The number of esters is 2. The Morgan fingerprint density at radius 3 is 2.10 bits per heavy atom. The van der Waals surface area contributed by atoms with E-state index in [9.17, 15) is 14.9 Å². The second-order valence-electron chi connectivity index (χ2n) is 11.2. The summed E-state index contributed by atoms with van der Waals surface area (Å²) < 4.78 is 38.0. The van der Waals surface area contributed by atoms with E-state index in [2.05, 4.69) is 33.0 Å². The molecule has 1 fully saturated rings. The number of methoxy groups -OCH3 is 2. The Morgan fingerprint density at radius 2 is 1.54 bits per heavy atom. The van der Waals surface area contributed by atoms with E-state index in [4.69, 9.17) is 39.7 Å². The highest BCUT2D eigenvalue weighted by molar-refractivity contribution is 7.17. The number of carbonyl (C=O) groups excluding carboxylic acids is 2. The Balaban J connectivity index is 1.24. The zero-order valence-corrected chi connectivity index (χ0v) is 30.1. The lowest BCUT2D eigenvalue weighted by Crippen LogP contribution is -2.35. The van der Waals surface area contributed by atoms with Gasteiger partial charge in [0.2, 0.25) is 5.69 Å². The Morgan fingerprint density at radius 1 is 0.940 bits per heavy atom. The molecule has 0 saturated heterocycles. The van der Waals surface area contributed by atoms with Gasteiger partial charge >= 0.3 is 11.9 Å². The molecular weight excluding hydrogens is 666 g/mol. The minimum absolute atomic E-state index is 0.129. The summed E-state index contributed by atoms with van der Waals surface area (Å²) >= 11 is 1.14. The number of thiophene rings is 1. The van der Waals surface area contributed by atoms with E-state index < -0.39 is 11.8 Å². The molecule has 3 rings (SSSR count). The summed E-state index contributed by atoms with van der Waals surface area (Å²) in [5.41, 5.74) is 2.42. The van der Waals surface area contributed by atoms with Crippen LogP contribution >= 0.6 is 11.3 Å². The van der Waals surface area contributed by atoms with E-state index in [1.54, 1.807) is 14.0 Å². The molecule has 50 heavy (non-hydrogen) atoms. The Hall–Kier alpha value is -4.12. The summed E-state index contributed by atoms with van der Waals surface area (Å²) in [6, 6.07) is 7.72. The van der Waals surface area contributed by atoms with Crippen LogP contribution in [-0.2, 0) is 38.0 Å². The summed E-state index contributed by atoms with van der Waals surface area (Å²) in [6.07, 6.45) is 3.10. The highest BCUT2D eigenvalue weighted by Crippen LogP contribution is 2.43. The summed E-state index contributed by atoms with van der Waals surface area (Å²) in [7, 11) is 2.91. The topological polar surface area (TPSA) is 155 Å². The third-order valence-electron chi connectivity index (χ3n) is 8.14. The van der Waals surface area contributed by atoms with Crippen LogP contribution in [-0.4, -0.2) is 98.7 Å². The van der Waals surface area contributed by atoms with Gasteiger partial charge in [0.15, 0.2) is 0 Å². The number of azo groups is 1. The van der Waals surface area contributed by atoms with E-state index in [1.165, 1.54) is 7.11 Å². The van der Waals surface area contributed by atoms with Gasteiger partial charge in [-0.2, -0.15) is 10.4 Å². The number of rotatable bonds is 22. The maximum atomic E-state index is 12.4. The molecule has 1 aromatic heterocycles. The van der Waals surface area contributed by atoms with Crippen LogP contribution < -0.4 is 9.64 Å². The number of hydrogen-bond donors (Lipinski definition) is 0. The fourth-order valence-electron chi connectivity index (χ4n) is 5.40. The van der Waals surface area contributed by atoms with Crippen molar-refractivity contribution in [2.24, 2.45) is 22.1 Å². The van der Waals surface area contributed by atoms with E-state index in [-0.39, 0.29) is 25.2 Å². The lowest BCUT2D eigenvalue weighted by atomic mass is 9.79. The number of anilines is 1. The average molecular weight is 714 g/mol. The highest BCUT2D eigenvalue weighted by Gasteiger charge is 2.37. The predicted octanol–water partition coefficient (Wildman–Crippen LogP) is 6.32. The van der Waals surface area contributed by atoms with Crippen LogP contribution in [0.25, 0.3) is 4.85 Å². The highest BCUT2D eigenvalue weighted by atomic mass is 32.1. The van der Waals surface area contributed by atoms with E-state index in [1.807, 2.05) is 18.2 Å². The fourth-order valence-corrected chi connectivity index (χ4v) is 6.27. The second kappa shape index (κ2) is 22.6. The molecule has 1 aliphatic rings. The lowest BCUT2D eigenvalue weighted by Gasteiger charge is -2.27. The van der Waals surface area contributed by atoms with Crippen molar-refractivity contribution < 1.29 is 42.7 Å². The van der Waals surface area contributed by atoms with Crippen LogP contribution in [0.15, 0.2) is 28.4 Å². The van der Waals surface area contributed by atoms with Crippen molar-refractivity contribution in [2.75, 3.05) is 91.7 Å². The monoisotopic (exact) mass is 713 g/mol. The molecule has 0 bridgehead atoms. The van der Waals surface area contributed by atoms with E-state index in [0.717, 1.165) is 36.4 Å². The minimum Gasteiger partial charge on any atom is -0.494 e. The van der Waals surface area contributed by atoms with Gasteiger partial charge < -0.3 is 38.1 Å². The first-order chi connectivity index (χ1) is 24.4. The first-order valence-corrected chi connectivity index (χ1v) is 17.5. The molecular formula is C35H47N5O9S. The van der Waals surface area contributed by atoms with Crippen LogP contribution in [0, 0.1) is 36.7 Å². The third kappa shape index (κ3) is 12.3. The van der Waals surface area contributed by atoms with Gasteiger partial charge in [-0.05, 0) is 44.4 Å². The Bertz CT molecular complexity index is 1490. The van der Waals surface area contributed by atoms with Crippen molar-refractivity contribution in [1.29, 1.82) is 5.26 Å². The van der Waals surface area contributed by atoms with Gasteiger partial charge in [-0.1, -0.05) is 12.8 Å². The molecule has 0 radical (unpaired) electrons. The van der Waals surface area contributed by atoms with Crippen molar-refractivity contribution in [1.82, 2.24) is 0 Å². The molecule has 1 saturated carbocycles. The molecule has 272 valence electrons. The summed E-state index contributed by atoms with van der Waals surface area (Å²) in [5, 5.41) is 18.2. The molecule has 15 heteroatoms. The fraction of sp³-hybridized carbons (Fsp3) is 0.600. The molecule has 2 unspecified atom stereocenters. The van der Waals surface area contributed by atoms with Gasteiger partial charge in [0.25, 0.3) is 0 Å². The van der Waals surface area contributed by atoms with Gasteiger partial charge in [0.1, 0.15) is 29.1 Å². The zero-order chi connectivity index (χ0) is 36.1. The molecule has 1 aliphatic carbocycles. The normalized spacial score (nSPS) is 15.7. The molecule has 0 spiro atoms. The van der Waals surface area contributed by atoms with Crippen molar-refractivity contribution in [3.8, 4) is 11.8 Å². The Kier molecular flexibility index (Phi) is 18.2. The van der Waals surface area contributed by atoms with Gasteiger partial charge in [-0.15, -0.1) is 16.5 Å².